The van der Waals surface area contributed by atoms with Gasteiger partial charge in [0.05, 0.1) is 5.54 Å². The number of rotatable bonds is 0. The molecular weight excluding hydrogens is 217 g/mol. The molecule has 2 atom stereocenters. The van der Waals surface area contributed by atoms with Crippen LogP contribution in [-0.4, -0.2) is 16.8 Å². The van der Waals surface area contributed by atoms with E-state index >= 15 is 0 Å². The first-order chi connectivity index (χ1) is 7.13. The number of aryl methyl sites for hydroxylation is 1. The van der Waals surface area contributed by atoms with Gasteiger partial charge in [0.1, 0.15) is 5.82 Å². The van der Waals surface area contributed by atoms with Gasteiger partial charge in [-0.05, 0) is 37.0 Å². The van der Waals surface area contributed by atoms with E-state index < -0.39 is 5.54 Å². The highest BCUT2D eigenvalue weighted by Gasteiger charge is 2.56. The zero-order chi connectivity index (χ0) is 10.6. The fraction of sp³-hybridized carbons (Fsp3) is 0.455. The molecule has 1 heterocycles. The van der Waals surface area contributed by atoms with E-state index in [4.69, 9.17) is 11.6 Å². The van der Waals surface area contributed by atoms with Crippen molar-refractivity contribution in [1.29, 1.82) is 0 Å². The van der Waals surface area contributed by atoms with Crippen LogP contribution in [0.3, 0.4) is 0 Å². The molecule has 0 radical (unpaired) electrons. The lowest BCUT2D eigenvalue weighted by atomic mass is 9.82. The van der Waals surface area contributed by atoms with Gasteiger partial charge in [0.25, 0.3) is 0 Å². The number of nitrogens with zero attached hydrogens (tertiary/aromatic N) is 1. The number of hydroxylamine groups is 2. The monoisotopic (exact) mass is 227 g/mol. The molecule has 2 aliphatic rings. The molecule has 2 unspecified atom stereocenters. The molecule has 1 aliphatic heterocycles. The Morgan fingerprint density at radius 1 is 1.47 bits per heavy atom. The van der Waals surface area contributed by atoms with Gasteiger partial charge >= 0.3 is 0 Å². The molecule has 3 rings (SSSR count). The Bertz CT molecular complexity index is 437. The molecule has 0 saturated carbocycles. The molecule has 1 aromatic carbocycles. The van der Waals surface area contributed by atoms with Crippen LogP contribution in [0.25, 0.3) is 0 Å². The van der Waals surface area contributed by atoms with Gasteiger partial charge in [-0.15, -0.1) is 0 Å². The summed E-state index contributed by atoms with van der Waals surface area (Å²) in [7, 11) is 0. The Morgan fingerprint density at radius 2 is 2.20 bits per heavy atom. The fourth-order valence-electron chi connectivity index (χ4n) is 2.67. The van der Waals surface area contributed by atoms with Crippen molar-refractivity contribution in [3.05, 3.63) is 34.1 Å². The first-order valence-electron chi connectivity index (χ1n) is 5.08. The highest BCUT2D eigenvalue weighted by molar-refractivity contribution is 6.30. The summed E-state index contributed by atoms with van der Waals surface area (Å²) in [4.78, 5) is 0. The minimum atomic E-state index is -0.442. The van der Waals surface area contributed by atoms with Crippen molar-refractivity contribution >= 4 is 11.6 Å². The highest BCUT2D eigenvalue weighted by atomic mass is 35.5. The summed E-state index contributed by atoms with van der Waals surface area (Å²) in [6.45, 7) is 0.540. The van der Waals surface area contributed by atoms with E-state index in [9.17, 15) is 9.60 Å². The van der Waals surface area contributed by atoms with Crippen molar-refractivity contribution in [3.8, 4) is 0 Å². The molecule has 2 nitrogen and oxygen atoms in total. The standard InChI is InChI=1S/C11H11ClFNO/c12-8-4-7-2-1-3-11(6-14(11)15)10(7)9(13)5-8/h4-5,15H,1-3,6H2. The van der Waals surface area contributed by atoms with Crippen LogP contribution in [0.5, 0.6) is 0 Å². The van der Waals surface area contributed by atoms with Crippen molar-refractivity contribution in [2.24, 2.45) is 0 Å². The first kappa shape index (κ1) is 9.58. The SMILES string of the molecule is ON1CC12CCCc1cc(Cl)cc(F)c12. The molecule has 80 valence electrons. The second kappa shape index (κ2) is 2.94. The molecule has 1 spiro atoms. The number of benzene rings is 1. The van der Waals surface area contributed by atoms with Gasteiger partial charge in [0.2, 0.25) is 0 Å². The average Bonchev–Trinajstić information content (AvgIpc) is 2.75. The normalized spacial score (nSPS) is 32.9. The Labute approximate surface area is 92.2 Å². The van der Waals surface area contributed by atoms with Crippen LogP contribution in [0.4, 0.5) is 4.39 Å². The minimum Gasteiger partial charge on any atom is -0.313 e. The fourth-order valence-corrected chi connectivity index (χ4v) is 2.90. The minimum absolute atomic E-state index is 0.284. The number of hydrogen-bond acceptors (Lipinski definition) is 2. The van der Waals surface area contributed by atoms with E-state index in [1.54, 1.807) is 0 Å². The number of fused-ring (bicyclic) bond motifs is 2. The van der Waals surface area contributed by atoms with E-state index in [2.05, 4.69) is 0 Å². The van der Waals surface area contributed by atoms with E-state index in [0.717, 1.165) is 24.8 Å². The molecule has 1 fully saturated rings. The van der Waals surface area contributed by atoms with Crippen LogP contribution in [-0.2, 0) is 12.0 Å². The van der Waals surface area contributed by atoms with Crippen LogP contribution >= 0.6 is 11.6 Å². The van der Waals surface area contributed by atoms with Gasteiger partial charge in [-0.25, -0.2) is 4.39 Å². The molecule has 1 N–H and O–H groups in total. The van der Waals surface area contributed by atoms with Gasteiger partial charge in [-0.3, -0.25) is 0 Å². The Morgan fingerprint density at radius 3 is 2.87 bits per heavy atom. The third-order valence-corrected chi connectivity index (χ3v) is 3.66. The summed E-state index contributed by atoms with van der Waals surface area (Å²) in [5.74, 6) is -0.284. The third-order valence-electron chi connectivity index (χ3n) is 3.44. The molecule has 1 saturated heterocycles. The maximum Gasteiger partial charge on any atom is 0.130 e. The molecule has 0 amide bonds. The van der Waals surface area contributed by atoms with Gasteiger partial charge in [-0.2, -0.15) is 5.06 Å². The first-order valence-corrected chi connectivity index (χ1v) is 5.46. The lowest BCUT2D eigenvalue weighted by molar-refractivity contribution is -0.0124. The van der Waals surface area contributed by atoms with Crippen LogP contribution < -0.4 is 0 Å². The van der Waals surface area contributed by atoms with Crippen LogP contribution in [0.1, 0.15) is 24.0 Å². The summed E-state index contributed by atoms with van der Waals surface area (Å²) in [6.07, 6.45) is 2.65. The van der Waals surface area contributed by atoms with Crippen molar-refractivity contribution in [2.75, 3.05) is 6.54 Å². The van der Waals surface area contributed by atoms with E-state index in [1.807, 2.05) is 6.07 Å². The summed E-state index contributed by atoms with van der Waals surface area (Å²) in [5.41, 5.74) is 1.16. The van der Waals surface area contributed by atoms with Gasteiger partial charge < -0.3 is 5.21 Å². The average molecular weight is 228 g/mol. The Kier molecular flexibility index (Phi) is 1.88. The third kappa shape index (κ3) is 1.24. The molecule has 4 heteroatoms. The predicted octanol–water partition coefficient (Wildman–Crippen LogP) is 2.72. The quantitative estimate of drug-likeness (QED) is 0.689. The predicted molar refractivity (Wildman–Crippen MR) is 54.5 cm³/mol. The maximum absolute atomic E-state index is 13.8. The van der Waals surface area contributed by atoms with Gasteiger partial charge in [0.15, 0.2) is 0 Å². The second-order valence-electron chi connectivity index (χ2n) is 4.36. The maximum atomic E-state index is 13.8. The van der Waals surface area contributed by atoms with Gasteiger partial charge in [0, 0.05) is 17.1 Å². The largest absolute Gasteiger partial charge is 0.313 e. The van der Waals surface area contributed by atoms with Crippen LogP contribution in [0.15, 0.2) is 12.1 Å². The summed E-state index contributed by atoms with van der Waals surface area (Å²) in [5, 5.41) is 11.2. The second-order valence-corrected chi connectivity index (χ2v) is 4.80. The van der Waals surface area contributed by atoms with Gasteiger partial charge in [-0.1, -0.05) is 11.6 Å². The number of hydrogen-bond donors (Lipinski definition) is 1. The molecule has 1 aromatic rings. The topological polar surface area (TPSA) is 23.2 Å². The smallest absolute Gasteiger partial charge is 0.130 e. The van der Waals surface area contributed by atoms with E-state index in [-0.39, 0.29) is 5.82 Å². The summed E-state index contributed by atoms with van der Waals surface area (Å²) < 4.78 is 13.8. The molecule has 0 bridgehead atoms. The van der Waals surface area contributed by atoms with Crippen molar-refractivity contribution < 1.29 is 9.60 Å². The Balaban J connectivity index is 2.19. The molecule has 0 aromatic heterocycles. The lowest BCUT2D eigenvalue weighted by Gasteiger charge is -2.25. The van der Waals surface area contributed by atoms with Crippen molar-refractivity contribution in [3.63, 3.8) is 0 Å². The van der Waals surface area contributed by atoms with Crippen molar-refractivity contribution in [2.45, 2.75) is 24.8 Å². The van der Waals surface area contributed by atoms with Crippen LogP contribution in [0, 0.1) is 5.82 Å². The Hall–Kier alpha value is -0.640. The van der Waals surface area contributed by atoms with E-state index in [0.29, 0.717) is 17.1 Å². The van der Waals surface area contributed by atoms with E-state index in [1.165, 1.54) is 11.1 Å². The lowest BCUT2D eigenvalue weighted by Crippen LogP contribution is -2.23. The highest BCUT2D eigenvalue weighted by Crippen LogP contribution is 2.50. The zero-order valence-electron chi connectivity index (χ0n) is 8.13. The summed E-state index contributed by atoms with van der Waals surface area (Å²) in [6, 6.07) is 3.15. The molecular formula is C11H11ClFNO. The van der Waals surface area contributed by atoms with Crippen molar-refractivity contribution in [1.82, 2.24) is 5.06 Å². The molecule has 15 heavy (non-hydrogen) atoms. The summed E-state index contributed by atoms with van der Waals surface area (Å²) >= 11 is 5.82. The number of halogens is 2. The van der Waals surface area contributed by atoms with Crippen LogP contribution in [0.2, 0.25) is 5.02 Å². The zero-order valence-corrected chi connectivity index (χ0v) is 8.89. The molecule has 1 aliphatic carbocycles.